The summed E-state index contributed by atoms with van der Waals surface area (Å²) in [6.07, 6.45) is -4.38. The molecule has 1 saturated heterocycles. The summed E-state index contributed by atoms with van der Waals surface area (Å²) in [5, 5.41) is 58.7. The number of carbonyl (C=O) groups is 5. The van der Waals surface area contributed by atoms with E-state index < -0.39 is 83.5 Å². The van der Waals surface area contributed by atoms with Crippen molar-refractivity contribution in [2.45, 2.75) is 76.3 Å². The van der Waals surface area contributed by atoms with Crippen LogP contribution in [0.3, 0.4) is 0 Å². The number of urea groups is 1. The van der Waals surface area contributed by atoms with E-state index >= 15 is 0 Å². The molecule has 1 fully saturated rings. The Bertz CT molecular complexity index is 1510. The van der Waals surface area contributed by atoms with E-state index in [1.54, 1.807) is 19.1 Å². The number of ether oxygens (including phenoxy) is 2. The van der Waals surface area contributed by atoms with Crippen LogP contribution in [-0.4, -0.2) is 90.2 Å². The Morgan fingerprint density at radius 2 is 1.53 bits per heavy atom. The van der Waals surface area contributed by atoms with E-state index in [1.165, 1.54) is 24.5 Å². The highest BCUT2D eigenvalue weighted by atomic mass is 16.7. The normalized spacial score (nSPS) is 26.4. The third-order valence-electron chi connectivity index (χ3n) is 7.61. The molecule has 3 aliphatic rings. The first-order valence-corrected chi connectivity index (χ1v) is 13.6. The van der Waals surface area contributed by atoms with Crippen LogP contribution in [0.25, 0.3) is 0 Å². The maximum atomic E-state index is 13.3. The van der Waals surface area contributed by atoms with Crippen LogP contribution in [0.2, 0.25) is 0 Å². The van der Waals surface area contributed by atoms with Gasteiger partial charge in [0.2, 0.25) is 0 Å². The standard InChI is InChI=1S/C26H27NO9.C2H4O2.CH4N2O2/c1-10-21(29)15(27)7-17(35-10)36-16-9-26(34,11(2)28)8-14-18(16)25(33)20-19(24(14)32)22(30)12-5-3-4-6-13(12)23(20)31;1-2(3)4;2-1(4)3-5/h3-6,10,15-17,21,29,32-34H,7-9,27H2,1-2H3;1H3,(H,3,4);5H,(H3,2,3,4)/t10-,15-,16-,17-,21+,26-;;/m0../s1. The molecule has 0 spiro atoms. The van der Waals surface area contributed by atoms with Crippen LogP contribution in [-0.2, 0) is 25.5 Å². The van der Waals surface area contributed by atoms with Gasteiger partial charge in [-0.15, -0.1) is 0 Å². The Kier molecular flexibility index (Phi) is 10.6. The second-order valence-electron chi connectivity index (χ2n) is 10.8. The van der Waals surface area contributed by atoms with Gasteiger partial charge in [-0.2, -0.15) is 0 Å². The zero-order chi connectivity index (χ0) is 34.0. The number of carbonyl (C=O) groups excluding carboxylic acids is 4. The van der Waals surface area contributed by atoms with E-state index in [1.807, 2.05) is 0 Å². The number of phenols is 2. The minimum Gasteiger partial charge on any atom is -0.507 e. The number of carboxylic acids is 1. The van der Waals surface area contributed by atoms with Gasteiger partial charge in [0.1, 0.15) is 17.1 Å². The first-order valence-electron chi connectivity index (χ1n) is 13.6. The van der Waals surface area contributed by atoms with Crippen molar-refractivity contribution < 1.29 is 64.2 Å². The van der Waals surface area contributed by atoms with Crippen molar-refractivity contribution in [3.05, 3.63) is 57.6 Å². The van der Waals surface area contributed by atoms with Gasteiger partial charge in [-0.1, -0.05) is 24.3 Å². The van der Waals surface area contributed by atoms with E-state index in [2.05, 4.69) is 5.73 Å². The maximum absolute atomic E-state index is 13.3. The fraction of sp³-hybridized carbons (Fsp3) is 0.414. The number of aromatic hydroxyl groups is 2. The van der Waals surface area contributed by atoms with E-state index in [4.69, 9.17) is 30.3 Å². The molecule has 2 aromatic carbocycles. The molecule has 244 valence electrons. The van der Waals surface area contributed by atoms with Crippen molar-refractivity contribution in [2.75, 3.05) is 0 Å². The van der Waals surface area contributed by atoms with Gasteiger partial charge in [0.05, 0.1) is 29.4 Å². The number of aliphatic hydroxyl groups excluding tert-OH is 1. The van der Waals surface area contributed by atoms with E-state index in [9.17, 15) is 39.6 Å². The topological polar surface area (TPSA) is 289 Å². The average Bonchev–Trinajstić information content (AvgIpc) is 2.96. The molecule has 1 heterocycles. The number of hydrogen-bond acceptors (Lipinski definition) is 13. The van der Waals surface area contributed by atoms with Crippen molar-refractivity contribution in [3.63, 3.8) is 0 Å². The molecule has 2 amide bonds. The number of hydroxylamine groups is 1. The number of aliphatic carboxylic acids is 1. The van der Waals surface area contributed by atoms with Gasteiger partial charge >= 0.3 is 6.03 Å². The maximum Gasteiger partial charge on any atom is 0.335 e. The molecule has 45 heavy (non-hydrogen) atoms. The zero-order valence-corrected chi connectivity index (χ0v) is 24.5. The number of phenolic OH excluding ortho intramolecular Hbond substituents is 2. The van der Waals surface area contributed by atoms with Gasteiger partial charge in [-0.05, 0) is 13.8 Å². The number of nitrogens with one attached hydrogen (secondary N) is 1. The summed E-state index contributed by atoms with van der Waals surface area (Å²) >= 11 is 0. The highest BCUT2D eigenvalue weighted by Gasteiger charge is 2.49. The molecule has 16 heteroatoms. The van der Waals surface area contributed by atoms with Gasteiger partial charge < -0.3 is 46.5 Å². The fourth-order valence-electron chi connectivity index (χ4n) is 5.42. The van der Waals surface area contributed by atoms with Gasteiger partial charge in [-0.25, -0.2) is 10.3 Å². The first kappa shape index (κ1) is 35.0. The summed E-state index contributed by atoms with van der Waals surface area (Å²) in [5.41, 5.74) is 8.84. The third kappa shape index (κ3) is 7.11. The summed E-state index contributed by atoms with van der Waals surface area (Å²) in [6, 6.07) is 4.46. The summed E-state index contributed by atoms with van der Waals surface area (Å²) < 4.78 is 11.8. The Labute approximate surface area is 256 Å². The number of amides is 2. The van der Waals surface area contributed by atoms with Crippen molar-refractivity contribution in [1.29, 1.82) is 0 Å². The van der Waals surface area contributed by atoms with E-state index in [0.29, 0.717) is 0 Å². The Hall–Kier alpha value is -4.45. The molecule has 0 aromatic heterocycles. The highest BCUT2D eigenvalue weighted by molar-refractivity contribution is 6.30. The molecule has 2 aliphatic carbocycles. The number of primary amides is 1. The predicted octanol–water partition coefficient (Wildman–Crippen LogP) is 0.155. The third-order valence-corrected chi connectivity index (χ3v) is 7.61. The summed E-state index contributed by atoms with van der Waals surface area (Å²) in [6.45, 7) is 3.88. The van der Waals surface area contributed by atoms with Crippen LogP contribution in [0.4, 0.5) is 4.79 Å². The van der Waals surface area contributed by atoms with Crippen molar-refractivity contribution in [1.82, 2.24) is 5.48 Å². The van der Waals surface area contributed by atoms with Gasteiger partial charge in [0.15, 0.2) is 23.6 Å². The quantitative estimate of drug-likeness (QED) is 0.105. The second-order valence-corrected chi connectivity index (χ2v) is 10.8. The van der Waals surface area contributed by atoms with Gasteiger partial charge in [-0.3, -0.25) is 24.4 Å². The molecule has 11 N–H and O–H groups in total. The number of rotatable bonds is 3. The molecule has 1 aliphatic heterocycles. The van der Waals surface area contributed by atoms with E-state index in [0.717, 1.165) is 6.92 Å². The van der Waals surface area contributed by atoms with Crippen molar-refractivity contribution in [3.8, 4) is 11.5 Å². The Morgan fingerprint density at radius 1 is 1.04 bits per heavy atom. The molecule has 6 atom stereocenters. The molecule has 0 unspecified atom stereocenters. The zero-order valence-electron chi connectivity index (χ0n) is 24.5. The second kappa shape index (κ2) is 13.7. The number of fused-ring (bicyclic) bond motifs is 3. The van der Waals surface area contributed by atoms with Crippen molar-refractivity contribution >= 4 is 29.4 Å². The molecular weight excluding hydrogens is 598 g/mol. The largest absolute Gasteiger partial charge is 0.507 e. The SMILES string of the molecule is CC(=O)O.CC(=O)[C@]1(O)Cc2c(O)c3c(c(O)c2[C@@H](O[C@H]2C[C@H](N)[C@H](O)[C@H](C)O2)C1)C(=O)c1ccccc1C3=O.NC(=O)NO. The summed E-state index contributed by atoms with van der Waals surface area (Å²) in [4.78, 5) is 57.3. The van der Waals surface area contributed by atoms with Crippen LogP contribution in [0, 0.1) is 0 Å². The lowest BCUT2D eigenvalue weighted by Gasteiger charge is -2.42. The van der Waals surface area contributed by atoms with Gasteiger partial charge in [0, 0.05) is 54.5 Å². The molecule has 5 rings (SSSR count). The number of aliphatic hydroxyl groups is 2. The fourth-order valence-corrected chi connectivity index (χ4v) is 5.42. The summed E-state index contributed by atoms with van der Waals surface area (Å²) in [5.74, 6) is -3.89. The number of hydrogen-bond donors (Lipinski definition) is 9. The Balaban J connectivity index is 0.000000543. The van der Waals surface area contributed by atoms with Crippen LogP contribution >= 0.6 is 0 Å². The molecular formula is C29H35N3O13. The van der Waals surface area contributed by atoms with Crippen LogP contribution in [0.5, 0.6) is 11.5 Å². The van der Waals surface area contributed by atoms with Crippen LogP contribution in [0.15, 0.2) is 24.3 Å². The van der Waals surface area contributed by atoms with Crippen LogP contribution in [0.1, 0.15) is 82.7 Å². The lowest BCUT2D eigenvalue weighted by molar-refractivity contribution is -0.247. The summed E-state index contributed by atoms with van der Waals surface area (Å²) in [7, 11) is 0. The highest BCUT2D eigenvalue weighted by Crippen LogP contribution is 2.52. The number of Topliss-reactive ketones (excluding diaryl/α,β-unsaturated/α-hetero) is 1. The molecule has 2 aromatic rings. The molecule has 0 radical (unpaired) electrons. The van der Waals surface area contributed by atoms with Crippen molar-refractivity contribution in [2.24, 2.45) is 11.5 Å². The first-order chi connectivity index (χ1) is 20.9. The molecule has 0 bridgehead atoms. The lowest BCUT2D eigenvalue weighted by Crippen LogP contribution is -2.52. The minimum absolute atomic E-state index is 0.00588. The monoisotopic (exact) mass is 633 g/mol. The lowest BCUT2D eigenvalue weighted by atomic mass is 9.72. The number of benzene rings is 2. The number of nitrogens with two attached hydrogens (primary N) is 2. The van der Waals surface area contributed by atoms with Gasteiger partial charge in [0.25, 0.3) is 5.97 Å². The average molecular weight is 634 g/mol. The number of carboxylic acid groups (broad SMARTS) is 1. The molecule has 0 saturated carbocycles. The van der Waals surface area contributed by atoms with E-state index in [-0.39, 0.29) is 46.2 Å². The Morgan fingerprint density at radius 3 is 1.98 bits per heavy atom. The predicted molar refractivity (Wildman–Crippen MR) is 152 cm³/mol. The van der Waals surface area contributed by atoms with Crippen LogP contribution < -0.4 is 16.9 Å². The molecule has 16 nitrogen and oxygen atoms in total. The smallest absolute Gasteiger partial charge is 0.335 e. The minimum atomic E-state index is -1.97. The number of ketones is 3.